The SMILES string of the molecule is NC1CCC(C(=O)N2CCOC(c3ccccc3F)C2)C1. The Labute approximate surface area is 124 Å². The molecule has 3 rings (SSSR count). The Balaban J connectivity index is 1.68. The molecule has 2 aliphatic rings. The van der Waals surface area contributed by atoms with Crippen LogP contribution < -0.4 is 5.73 Å². The number of amides is 1. The molecule has 0 spiro atoms. The maximum Gasteiger partial charge on any atom is 0.225 e. The van der Waals surface area contributed by atoms with Gasteiger partial charge in [0, 0.05) is 24.1 Å². The number of hydrogen-bond donors (Lipinski definition) is 1. The van der Waals surface area contributed by atoms with E-state index in [9.17, 15) is 9.18 Å². The van der Waals surface area contributed by atoms with Crippen LogP contribution in [0.1, 0.15) is 30.9 Å². The Hall–Kier alpha value is -1.46. The number of rotatable bonds is 2. The fraction of sp³-hybridized carbons (Fsp3) is 0.562. The lowest BCUT2D eigenvalue weighted by Gasteiger charge is -2.34. The standard InChI is InChI=1S/C16H21FN2O2/c17-14-4-2-1-3-13(14)15-10-19(7-8-21-15)16(20)11-5-6-12(18)9-11/h1-4,11-12,15H,5-10,18H2. The number of morpholine rings is 1. The van der Waals surface area contributed by atoms with E-state index in [1.165, 1.54) is 6.07 Å². The first kappa shape index (κ1) is 14.5. The monoisotopic (exact) mass is 292 g/mol. The number of hydrogen-bond acceptors (Lipinski definition) is 3. The number of carbonyl (C=O) groups excluding carboxylic acids is 1. The van der Waals surface area contributed by atoms with Crippen LogP contribution in [-0.4, -0.2) is 36.5 Å². The summed E-state index contributed by atoms with van der Waals surface area (Å²) in [6.45, 7) is 1.45. The summed E-state index contributed by atoms with van der Waals surface area (Å²) in [5.74, 6) is -0.105. The van der Waals surface area contributed by atoms with E-state index < -0.39 is 0 Å². The number of ether oxygens (including phenoxy) is 1. The van der Waals surface area contributed by atoms with E-state index in [1.54, 1.807) is 18.2 Å². The highest BCUT2D eigenvalue weighted by atomic mass is 19.1. The van der Waals surface area contributed by atoms with Crippen molar-refractivity contribution in [1.29, 1.82) is 0 Å². The molecule has 5 heteroatoms. The van der Waals surface area contributed by atoms with Gasteiger partial charge in [0.1, 0.15) is 11.9 Å². The van der Waals surface area contributed by atoms with Gasteiger partial charge in [-0.25, -0.2) is 4.39 Å². The highest BCUT2D eigenvalue weighted by Crippen LogP contribution is 2.29. The molecular formula is C16H21FN2O2. The molecule has 1 aliphatic carbocycles. The molecule has 0 aromatic heterocycles. The van der Waals surface area contributed by atoms with Crippen molar-refractivity contribution in [3.8, 4) is 0 Å². The Morgan fingerprint density at radius 2 is 2.14 bits per heavy atom. The van der Waals surface area contributed by atoms with Gasteiger partial charge in [0.15, 0.2) is 0 Å². The molecule has 0 bridgehead atoms. The highest BCUT2D eigenvalue weighted by molar-refractivity contribution is 5.79. The molecule has 2 fully saturated rings. The minimum absolute atomic E-state index is 0.0272. The van der Waals surface area contributed by atoms with Crippen molar-refractivity contribution in [2.75, 3.05) is 19.7 Å². The summed E-state index contributed by atoms with van der Waals surface area (Å²) in [6, 6.07) is 6.74. The third-order valence-corrected chi connectivity index (χ3v) is 4.45. The third-order valence-electron chi connectivity index (χ3n) is 4.45. The zero-order valence-corrected chi connectivity index (χ0v) is 12.0. The first-order chi connectivity index (χ1) is 10.1. The van der Waals surface area contributed by atoms with Gasteiger partial charge in [0.2, 0.25) is 5.91 Å². The molecule has 114 valence electrons. The molecule has 1 heterocycles. The van der Waals surface area contributed by atoms with Gasteiger partial charge in [-0.3, -0.25) is 4.79 Å². The van der Waals surface area contributed by atoms with Crippen LogP contribution in [0.25, 0.3) is 0 Å². The van der Waals surface area contributed by atoms with Crippen LogP contribution in [0.3, 0.4) is 0 Å². The van der Waals surface area contributed by atoms with E-state index in [4.69, 9.17) is 10.5 Å². The fourth-order valence-electron chi connectivity index (χ4n) is 3.27. The zero-order chi connectivity index (χ0) is 14.8. The second-order valence-corrected chi connectivity index (χ2v) is 5.94. The lowest BCUT2D eigenvalue weighted by atomic mass is 10.0. The van der Waals surface area contributed by atoms with Crippen LogP contribution in [0.5, 0.6) is 0 Å². The second kappa shape index (κ2) is 6.12. The zero-order valence-electron chi connectivity index (χ0n) is 12.0. The van der Waals surface area contributed by atoms with Crippen molar-refractivity contribution in [1.82, 2.24) is 4.90 Å². The maximum absolute atomic E-state index is 13.9. The van der Waals surface area contributed by atoms with Crippen LogP contribution in [0.4, 0.5) is 4.39 Å². The number of nitrogens with zero attached hydrogens (tertiary/aromatic N) is 1. The van der Waals surface area contributed by atoms with Crippen molar-refractivity contribution in [2.24, 2.45) is 11.7 Å². The van der Waals surface area contributed by atoms with Crippen molar-refractivity contribution in [3.05, 3.63) is 35.6 Å². The van der Waals surface area contributed by atoms with Crippen LogP contribution >= 0.6 is 0 Å². The summed E-state index contributed by atoms with van der Waals surface area (Å²) in [5, 5.41) is 0. The van der Waals surface area contributed by atoms with Crippen molar-refractivity contribution in [3.63, 3.8) is 0 Å². The first-order valence-electron chi connectivity index (χ1n) is 7.55. The molecule has 21 heavy (non-hydrogen) atoms. The highest BCUT2D eigenvalue weighted by Gasteiger charge is 2.34. The van der Waals surface area contributed by atoms with E-state index in [2.05, 4.69) is 0 Å². The van der Waals surface area contributed by atoms with Gasteiger partial charge < -0.3 is 15.4 Å². The van der Waals surface area contributed by atoms with Gasteiger partial charge >= 0.3 is 0 Å². The van der Waals surface area contributed by atoms with Crippen molar-refractivity contribution >= 4 is 5.91 Å². The number of halogens is 1. The second-order valence-electron chi connectivity index (χ2n) is 5.94. The van der Waals surface area contributed by atoms with E-state index in [-0.39, 0.29) is 29.8 Å². The lowest BCUT2D eigenvalue weighted by molar-refractivity contribution is -0.143. The molecule has 1 amide bonds. The molecule has 1 aromatic rings. The molecule has 0 radical (unpaired) electrons. The molecule has 4 nitrogen and oxygen atoms in total. The van der Waals surface area contributed by atoms with Crippen LogP contribution in [0.2, 0.25) is 0 Å². The number of nitrogens with two attached hydrogens (primary N) is 1. The Kier molecular flexibility index (Phi) is 4.22. The molecule has 1 saturated carbocycles. The molecule has 1 aromatic carbocycles. The topological polar surface area (TPSA) is 55.6 Å². The summed E-state index contributed by atoms with van der Waals surface area (Å²) in [5.41, 5.74) is 6.41. The maximum atomic E-state index is 13.9. The molecule has 3 unspecified atom stereocenters. The predicted molar refractivity (Wildman–Crippen MR) is 77.0 cm³/mol. The molecule has 2 N–H and O–H groups in total. The smallest absolute Gasteiger partial charge is 0.225 e. The van der Waals surface area contributed by atoms with Crippen LogP contribution in [-0.2, 0) is 9.53 Å². The first-order valence-corrected chi connectivity index (χ1v) is 7.55. The molecule has 1 saturated heterocycles. The fourth-order valence-corrected chi connectivity index (χ4v) is 3.27. The largest absolute Gasteiger partial charge is 0.370 e. The number of carbonyl (C=O) groups is 1. The average molecular weight is 292 g/mol. The third kappa shape index (κ3) is 3.09. The summed E-state index contributed by atoms with van der Waals surface area (Å²) < 4.78 is 19.5. The van der Waals surface area contributed by atoms with Gasteiger partial charge in [-0.05, 0) is 25.3 Å². The van der Waals surface area contributed by atoms with Gasteiger partial charge in [-0.2, -0.15) is 0 Å². The molecule has 3 atom stereocenters. The molecule has 1 aliphatic heterocycles. The summed E-state index contributed by atoms with van der Waals surface area (Å²) in [4.78, 5) is 14.3. The van der Waals surface area contributed by atoms with Crippen LogP contribution in [0.15, 0.2) is 24.3 Å². The van der Waals surface area contributed by atoms with E-state index in [0.717, 1.165) is 19.3 Å². The van der Waals surface area contributed by atoms with Crippen molar-refractivity contribution < 1.29 is 13.9 Å². The summed E-state index contributed by atoms with van der Waals surface area (Å²) in [6.07, 6.45) is 2.17. The van der Waals surface area contributed by atoms with Gasteiger partial charge in [0.25, 0.3) is 0 Å². The van der Waals surface area contributed by atoms with Gasteiger partial charge in [0.05, 0.1) is 13.2 Å². The summed E-state index contributed by atoms with van der Waals surface area (Å²) in [7, 11) is 0. The number of benzene rings is 1. The predicted octanol–water partition coefficient (Wildman–Crippen LogP) is 1.85. The minimum Gasteiger partial charge on any atom is -0.370 e. The lowest BCUT2D eigenvalue weighted by Crippen LogP contribution is -2.44. The van der Waals surface area contributed by atoms with Gasteiger partial charge in [-0.1, -0.05) is 18.2 Å². The summed E-state index contributed by atoms with van der Waals surface area (Å²) >= 11 is 0. The minimum atomic E-state index is -0.376. The normalized spacial score (nSPS) is 29.6. The average Bonchev–Trinajstić information content (AvgIpc) is 2.94. The van der Waals surface area contributed by atoms with E-state index >= 15 is 0 Å². The Bertz CT molecular complexity index is 523. The van der Waals surface area contributed by atoms with Crippen molar-refractivity contribution in [2.45, 2.75) is 31.4 Å². The van der Waals surface area contributed by atoms with E-state index in [0.29, 0.717) is 25.3 Å². The Morgan fingerprint density at radius 1 is 1.33 bits per heavy atom. The Morgan fingerprint density at radius 3 is 2.86 bits per heavy atom. The van der Waals surface area contributed by atoms with E-state index in [1.807, 2.05) is 4.90 Å². The molecular weight excluding hydrogens is 271 g/mol. The van der Waals surface area contributed by atoms with Crippen LogP contribution in [0, 0.1) is 11.7 Å². The van der Waals surface area contributed by atoms with Gasteiger partial charge in [-0.15, -0.1) is 0 Å². The quantitative estimate of drug-likeness (QED) is 0.905.